The summed E-state index contributed by atoms with van der Waals surface area (Å²) < 4.78 is 5.63. The summed E-state index contributed by atoms with van der Waals surface area (Å²) in [4.78, 5) is 14.8. The Morgan fingerprint density at radius 2 is 2.22 bits per heavy atom. The van der Waals surface area contributed by atoms with Crippen LogP contribution in [0, 0.1) is 0 Å². The van der Waals surface area contributed by atoms with Gasteiger partial charge in [0.15, 0.2) is 0 Å². The van der Waals surface area contributed by atoms with Gasteiger partial charge in [-0.25, -0.2) is 4.79 Å². The number of aromatic nitrogens is 1. The van der Waals surface area contributed by atoms with Crippen LogP contribution in [-0.4, -0.2) is 34.8 Å². The number of pyridine rings is 1. The summed E-state index contributed by atoms with van der Waals surface area (Å²) in [5.74, 6) is -0.653. The highest BCUT2D eigenvalue weighted by atomic mass is 16.5. The molecule has 0 spiro atoms. The molecule has 5 heteroatoms. The molecule has 0 saturated carbocycles. The fraction of sp³-hybridized carbons (Fsp3) is 0.538. The topological polar surface area (TPSA) is 71.5 Å². The Labute approximate surface area is 107 Å². The van der Waals surface area contributed by atoms with Crippen molar-refractivity contribution in [2.75, 3.05) is 6.54 Å². The molecule has 1 unspecified atom stereocenters. The van der Waals surface area contributed by atoms with E-state index < -0.39 is 5.97 Å². The SMILES string of the molecule is CC(C)NCCC(C)Oc1ccncc1C(=O)O. The molecule has 2 N–H and O–H groups in total. The van der Waals surface area contributed by atoms with Crippen molar-refractivity contribution < 1.29 is 14.6 Å². The minimum atomic E-state index is -1.02. The molecule has 1 heterocycles. The second kappa shape index (κ2) is 6.96. The summed E-state index contributed by atoms with van der Waals surface area (Å²) in [6.07, 6.45) is 3.61. The van der Waals surface area contributed by atoms with E-state index in [4.69, 9.17) is 9.84 Å². The van der Waals surface area contributed by atoms with Crippen molar-refractivity contribution in [1.82, 2.24) is 10.3 Å². The molecule has 100 valence electrons. The van der Waals surface area contributed by atoms with Gasteiger partial charge in [0.05, 0.1) is 6.10 Å². The number of nitrogens with zero attached hydrogens (tertiary/aromatic N) is 1. The zero-order valence-corrected chi connectivity index (χ0v) is 11.0. The Morgan fingerprint density at radius 1 is 1.50 bits per heavy atom. The number of hydrogen-bond donors (Lipinski definition) is 2. The first-order valence-electron chi connectivity index (χ1n) is 6.08. The Morgan fingerprint density at radius 3 is 2.83 bits per heavy atom. The second-order valence-electron chi connectivity index (χ2n) is 4.50. The smallest absolute Gasteiger partial charge is 0.341 e. The van der Waals surface area contributed by atoms with Gasteiger partial charge in [0, 0.05) is 18.4 Å². The van der Waals surface area contributed by atoms with E-state index in [0.29, 0.717) is 11.8 Å². The van der Waals surface area contributed by atoms with E-state index in [9.17, 15) is 4.79 Å². The third-order valence-corrected chi connectivity index (χ3v) is 2.44. The molecule has 1 aromatic heterocycles. The van der Waals surface area contributed by atoms with Gasteiger partial charge in [-0.15, -0.1) is 0 Å². The molecule has 0 amide bonds. The largest absolute Gasteiger partial charge is 0.490 e. The van der Waals surface area contributed by atoms with E-state index >= 15 is 0 Å². The first-order chi connectivity index (χ1) is 8.50. The highest BCUT2D eigenvalue weighted by Gasteiger charge is 2.13. The summed E-state index contributed by atoms with van der Waals surface area (Å²) in [6.45, 7) is 6.92. The van der Waals surface area contributed by atoms with Crippen molar-refractivity contribution in [3.05, 3.63) is 24.0 Å². The van der Waals surface area contributed by atoms with Gasteiger partial charge in [0.1, 0.15) is 11.3 Å². The predicted octanol–water partition coefficient (Wildman–Crippen LogP) is 1.94. The number of carboxylic acid groups (broad SMARTS) is 1. The average molecular weight is 252 g/mol. The molecule has 0 aliphatic heterocycles. The van der Waals surface area contributed by atoms with Crippen LogP contribution in [0.4, 0.5) is 0 Å². The Bertz CT molecular complexity index is 394. The van der Waals surface area contributed by atoms with Crippen LogP contribution in [0.3, 0.4) is 0 Å². The van der Waals surface area contributed by atoms with Crippen LogP contribution in [-0.2, 0) is 0 Å². The van der Waals surface area contributed by atoms with Gasteiger partial charge in [0.25, 0.3) is 0 Å². The van der Waals surface area contributed by atoms with Crippen LogP contribution in [0.1, 0.15) is 37.6 Å². The lowest BCUT2D eigenvalue weighted by molar-refractivity contribution is 0.0689. The number of nitrogens with one attached hydrogen (secondary N) is 1. The fourth-order valence-corrected chi connectivity index (χ4v) is 1.50. The van der Waals surface area contributed by atoms with Gasteiger partial charge in [-0.05, 0) is 26.0 Å². The van der Waals surface area contributed by atoms with Gasteiger partial charge in [0.2, 0.25) is 0 Å². The Kier molecular flexibility index (Phi) is 5.58. The minimum absolute atomic E-state index is 0.0447. The summed E-state index contributed by atoms with van der Waals surface area (Å²) in [7, 11) is 0. The summed E-state index contributed by atoms with van der Waals surface area (Å²) in [6, 6.07) is 2.02. The normalized spacial score (nSPS) is 12.4. The maximum Gasteiger partial charge on any atom is 0.341 e. The molecule has 0 aliphatic rings. The molecular formula is C13H20N2O3. The molecule has 1 aromatic rings. The van der Waals surface area contributed by atoms with Crippen LogP contribution in [0.5, 0.6) is 5.75 Å². The van der Waals surface area contributed by atoms with Crippen LogP contribution < -0.4 is 10.1 Å². The number of hydrogen-bond acceptors (Lipinski definition) is 4. The molecular weight excluding hydrogens is 232 g/mol. The first kappa shape index (κ1) is 14.4. The minimum Gasteiger partial charge on any atom is -0.490 e. The third-order valence-electron chi connectivity index (χ3n) is 2.44. The molecule has 5 nitrogen and oxygen atoms in total. The molecule has 1 rings (SSSR count). The van der Waals surface area contributed by atoms with E-state index in [0.717, 1.165) is 13.0 Å². The lowest BCUT2D eigenvalue weighted by Crippen LogP contribution is -2.27. The molecule has 0 radical (unpaired) electrons. The van der Waals surface area contributed by atoms with Crippen molar-refractivity contribution in [3.63, 3.8) is 0 Å². The summed E-state index contributed by atoms with van der Waals surface area (Å²) in [5.41, 5.74) is 0.0983. The molecule has 0 bridgehead atoms. The highest BCUT2D eigenvalue weighted by Crippen LogP contribution is 2.18. The van der Waals surface area contributed by atoms with Crippen LogP contribution in [0.25, 0.3) is 0 Å². The maximum absolute atomic E-state index is 11.0. The van der Waals surface area contributed by atoms with Gasteiger partial charge in [-0.2, -0.15) is 0 Å². The number of carbonyl (C=O) groups is 1. The monoisotopic (exact) mass is 252 g/mol. The van der Waals surface area contributed by atoms with Crippen LogP contribution in [0.15, 0.2) is 18.5 Å². The van der Waals surface area contributed by atoms with Crippen molar-refractivity contribution in [2.24, 2.45) is 0 Å². The van der Waals surface area contributed by atoms with Crippen LogP contribution in [0.2, 0.25) is 0 Å². The summed E-state index contributed by atoms with van der Waals surface area (Å²) in [5, 5.41) is 12.3. The van der Waals surface area contributed by atoms with Gasteiger partial charge >= 0.3 is 5.97 Å². The number of aromatic carboxylic acids is 1. The van der Waals surface area contributed by atoms with Crippen molar-refractivity contribution in [1.29, 1.82) is 0 Å². The lowest BCUT2D eigenvalue weighted by atomic mass is 10.2. The molecule has 0 aliphatic carbocycles. The number of ether oxygens (including phenoxy) is 1. The first-order valence-corrected chi connectivity index (χ1v) is 6.08. The molecule has 1 atom stereocenters. The second-order valence-corrected chi connectivity index (χ2v) is 4.50. The van der Waals surface area contributed by atoms with Crippen molar-refractivity contribution >= 4 is 5.97 Å². The number of carboxylic acids is 1. The average Bonchev–Trinajstić information content (AvgIpc) is 2.28. The van der Waals surface area contributed by atoms with E-state index in [1.807, 2.05) is 6.92 Å². The third kappa shape index (κ3) is 4.71. The van der Waals surface area contributed by atoms with Gasteiger partial charge in [-0.3, -0.25) is 4.98 Å². The van der Waals surface area contributed by atoms with E-state index in [2.05, 4.69) is 24.1 Å². The molecule has 18 heavy (non-hydrogen) atoms. The van der Waals surface area contributed by atoms with Crippen LogP contribution >= 0.6 is 0 Å². The predicted molar refractivity (Wildman–Crippen MR) is 69.0 cm³/mol. The quantitative estimate of drug-likeness (QED) is 0.776. The molecule has 0 saturated heterocycles. The highest BCUT2D eigenvalue weighted by molar-refractivity contribution is 5.90. The number of rotatable bonds is 7. The standard InChI is InChI=1S/C13H20N2O3/c1-9(2)15-7-4-10(3)18-12-5-6-14-8-11(12)13(16)17/h5-6,8-10,15H,4,7H2,1-3H3,(H,16,17). The van der Waals surface area contributed by atoms with Crippen molar-refractivity contribution in [2.45, 2.75) is 39.3 Å². The van der Waals surface area contributed by atoms with E-state index in [-0.39, 0.29) is 11.7 Å². The van der Waals surface area contributed by atoms with Gasteiger partial charge in [-0.1, -0.05) is 13.8 Å². The Hall–Kier alpha value is -1.62. The zero-order chi connectivity index (χ0) is 13.5. The lowest BCUT2D eigenvalue weighted by Gasteiger charge is -2.17. The fourth-order valence-electron chi connectivity index (χ4n) is 1.50. The van der Waals surface area contributed by atoms with Crippen molar-refractivity contribution in [3.8, 4) is 5.75 Å². The molecule has 0 aromatic carbocycles. The maximum atomic E-state index is 11.0. The zero-order valence-electron chi connectivity index (χ0n) is 11.0. The molecule has 0 fully saturated rings. The summed E-state index contributed by atoms with van der Waals surface area (Å²) >= 11 is 0. The Balaban J connectivity index is 2.53. The van der Waals surface area contributed by atoms with E-state index in [1.54, 1.807) is 6.07 Å². The van der Waals surface area contributed by atoms with E-state index in [1.165, 1.54) is 12.4 Å². The van der Waals surface area contributed by atoms with Gasteiger partial charge < -0.3 is 15.2 Å².